The lowest BCUT2D eigenvalue weighted by Gasteiger charge is -2.14. The average Bonchev–Trinajstić information content (AvgIpc) is 2.48. The molecule has 8 heteroatoms. The lowest BCUT2D eigenvalue weighted by molar-refractivity contribution is -0.134. The Morgan fingerprint density at radius 3 is 2.69 bits per heavy atom. The van der Waals surface area contributed by atoms with Crippen LogP contribution in [-0.4, -0.2) is 41.6 Å². The first kappa shape index (κ1) is 13.1. The van der Waals surface area contributed by atoms with Gasteiger partial charge in [0.2, 0.25) is 10.0 Å². The molecule has 0 aliphatic carbocycles. The second-order valence-corrected chi connectivity index (χ2v) is 6.65. The first-order chi connectivity index (χ1) is 7.31. The Bertz CT molecular complexity index is 480. The Labute approximate surface area is 97.6 Å². The molecule has 90 valence electrons. The predicted molar refractivity (Wildman–Crippen MR) is 59.7 cm³/mol. The lowest BCUT2D eigenvalue weighted by atomic mass is 10.5. The largest absolute Gasteiger partial charge is 0.480 e. The molecule has 6 nitrogen and oxygen atoms in total. The van der Waals surface area contributed by atoms with Crippen molar-refractivity contribution in [1.29, 1.82) is 0 Å². The van der Waals surface area contributed by atoms with Gasteiger partial charge in [0.25, 0.3) is 0 Å². The summed E-state index contributed by atoms with van der Waals surface area (Å²) >= 11 is 1.39. The minimum atomic E-state index is -3.74. The molecule has 1 aromatic rings. The number of aryl methyl sites for hydroxylation is 1. The van der Waals surface area contributed by atoms with Crippen molar-refractivity contribution >= 4 is 27.3 Å². The van der Waals surface area contributed by atoms with Crippen LogP contribution in [0, 0.1) is 6.92 Å². The number of aromatic nitrogens is 1. The van der Waals surface area contributed by atoms with E-state index in [1.807, 2.05) is 6.92 Å². The molecule has 0 radical (unpaired) electrons. The van der Waals surface area contributed by atoms with E-state index in [0.717, 1.165) is 14.2 Å². The molecule has 0 aliphatic rings. The van der Waals surface area contributed by atoms with Gasteiger partial charge < -0.3 is 5.11 Å². The summed E-state index contributed by atoms with van der Waals surface area (Å²) < 4.78 is 24.0. The van der Waals surface area contributed by atoms with Gasteiger partial charge in [0.1, 0.15) is 0 Å². The number of aliphatic carboxylic acids is 1. The van der Waals surface area contributed by atoms with Crippen molar-refractivity contribution in [2.75, 3.05) is 12.8 Å². The van der Waals surface area contributed by atoms with Crippen LogP contribution < -0.4 is 0 Å². The summed E-state index contributed by atoms with van der Waals surface area (Å²) in [5.41, 5.74) is 0. The summed E-state index contributed by atoms with van der Waals surface area (Å²) in [6, 6.07) is 0. The third-order valence-corrected chi connectivity index (χ3v) is 4.42. The minimum absolute atomic E-state index is 0.154. The van der Waals surface area contributed by atoms with Gasteiger partial charge in [0, 0.05) is 24.7 Å². The molecule has 1 N–H and O–H groups in total. The number of carboxylic acids is 1. The maximum Gasteiger partial charge on any atom is 0.320 e. The lowest BCUT2D eigenvalue weighted by Crippen LogP contribution is -2.31. The summed E-state index contributed by atoms with van der Waals surface area (Å²) in [6.45, 7) is 1.97. The Hall–Kier alpha value is -0.990. The fourth-order valence-electron chi connectivity index (χ4n) is 1.06. The zero-order chi connectivity index (χ0) is 12.3. The van der Waals surface area contributed by atoms with E-state index in [4.69, 9.17) is 5.11 Å². The zero-order valence-corrected chi connectivity index (χ0v) is 10.5. The van der Waals surface area contributed by atoms with Crippen LogP contribution in [0.3, 0.4) is 0 Å². The van der Waals surface area contributed by atoms with E-state index in [-0.39, 0.29) is 6.54 Å². The SMILES string of the molecule is Cc1ncc(CN(C)S(=O)(=O)CC(=O)O)s1. The van der Waals surface area contributed by atoms with Crippen molar-refractivity contribution in [2.45, 2.75) is 13.5 Å². The molecule has 0 aliphatic heterocycles. The smallest absolute Gasteiger partial charge is 0.320 e. The number of carboxylic acid groups (broad SMARTS) is 1. The topological polar surface area (TPSA) is 87.6 Å². The van der Waals surface area contributed by atoms with E-state index in [1.54, 1.807) is 6.20 Å². The Kier molecular flexibility index (Phi) is 4.00. The van der Waals surface area contributed by atoms with Crippen LogP contribution in [0.1, 0.15) is 9.88 Å². The third-order valence-electron chi connectivity index (χ3n) is 1.83. The van der Waals surface area contributed by atoms with E-state index >= 15 is 0 Å². The Morgan fingerprint density at radius 1 is 1.62 bits per heavy atom. The van der Waals surface area contributed by atoms with Crippen LogP contribution in [0.25, 0.3) is 0 Å². The second-order valence-electron chi connectivity index (χ2n) is 3.25. The molecule has 0 amide bonds. The van der Waals surface area contributed by atoms with Gasteiger partial charge in [-0.1, -0.05) is 0 Å². The van der Waals surface area contributed by atoms with Crippen LogP contribution in [0.2, 0.25) is 0 Å². The quantitative estimate of drug-likeness (QED) is 0.826. The van der Waals surface area contributed by atoms with Crippen molar-refractivity contribution in [3.8, 4) is 0 Å². The van der Waals surface area contributed by atoms with Crippen LogP contribution in [0.5, 0.6) is 0 Å². The number of rotatable bonds is 5. The van der Waals surface area contributed by atoms with Gasteiger partial charge in [0.15, 0.2) is 5.75 Å². The molecule has 0 atom stereocenters. The molecule has 1 rings (SSSR count). The van der Waals surface area contributed by atoms with Crippen molar-refractivity contribution in [3.05, 3.63) is 16.1 Å². The van der Waals surface area contributed by atoms with Gasteiger partial charge in [-0.05, 0) is 6.92 Å². The number of nitrogens with zero attached hydrogens (tertiary/aromatic N) is 2. The highest BCUT2D eigenvalue weighted by molar-refractivity contribution is 7.89. The molecule has 0 fully saturated rings. The summed E-state index contributed by atoms with van der Waals surface area (Å²) in [6.07, 6.45) is 1.59. The summed E-state index contributed by atoms with van der Waals surface area (Å²) in [5, 5.41) is 9.30. The first-order valence-electron chi connectivity index (χ1n) is 4.38. The van der Waals surface area contributed by atoms with Gasteiger partial charge >= 0.3 is 5.97 Å². The van der Waals surface area contributed by atoms with Crippen molar-refractivity contribution in [1.82, 2.24) is 9.29 Å². The predicted octanol–water partition coefficient (Wildman–Crippen LogP) is 0.298. The van der Waals surface area contributed by atoms with Gasteiger partial charge in [0.05, 0.1) is 5.01 Å². The van der Waals surface area contributed by atoms with Gasteiger partial charge in [-0.3, -0.25) is 4.79 Å². The van der Waals surface area contributed by atoms with Crippen molar-refractivity contribution < 1.29 is 18.3 Å². The highest BCUT2D eigenvalue weighted by Crippen LogP contribution is 2.15. The maximum atomic E-state index is 11.5. The van der Waals surface area contributed by atoms with Crippen LogP contribution in [0.4, 0.5) is 0 Å². The highest BCUT2D eigenvalue weighted by Gasteiger charge is 2.22. The summed E-state index contributed by atoms with van der Waals surface area (Å²) in [7, 11) is -2.38. The molecule has 0 aromatic carbocycles. The van der Waals surface area contributed by atoms with E-state index in [9.17, 15) is 13.2 Å². The summed E-state index contributed by atoms with van der Waals surface area (Å²) in [4.78, 5) is 15.1. The van der Waals surface area contributed by atoms with Gasteiger partial charge in [-0.2, -0.15) is 4.31 Å². The molecule has 16 heavy (non-hydrogen) atoms. The Morgan fingerprint density at radius 2 is 2.25 bits per heavy atom. The highest BCUT2D eigenvalue weighted by atomic mass is 32.2. The van der Waals surface area contributed by atoms with Gasteiger partial charge in [-0.25, -0.2) is 13.4 Å². The first-order valence-corrected chi connectivity index (χ1v) is 6.81. The number of hydrogen-bond acceptors (Lipinski definition) is 5. The molecule has 1 aromatic heterocycles. The number of carbonyl (C=O) groups is 1. The van der Waals surface area contributed by atoms with Crippen LogP contribution in [0.15, 0.2) is 6.20 Å². The van der Waals surface area contributed by atoms with Crippen molar-refractivity contribution in [3.63, 3.8) is 0 Å². The molecule has 0 bridgehead atoms. The monoisotopic (exact) mass is 264 g/mol. The number of hydrogen-bond donors (Lipinski definition) is 1. The molecule has 0 spiro atoms. The van der Waals surface area contributed by atoms with E-state index < -0.39 is 21.7 Å². The van der Waals surface area contributed by atoms with E-state index in [0.29, 0.717) is 0 Å². The molecular weight excluding hydrogens is 252 g/mol. The van der Waals surface area contributed by atoms with Gasteiger partial charge in [-0.15, -0.1) is 11.3 Å². The molecule has 1 heterocycles. The number of thiazole rings is 1. The zero-order valence-electron chi connectivity index (χ0n) is 8.87. The third kappa shape index (κ3) is 3.54. The normalized spacial score (nSPS) is 11.9. The van der Waals surface area contributed by atoms with E-state index in [1.165, 1.54) is 18.4 Å². The van der Waals surface area contributed by atoms with Crippen LogP contribution in [-0.2, 0) is 21.4 Å². The average molecular weight is 264 g/mol. The fourth-order valence-corrected chi connectivity index (χ4v) is 2.86. The maximum absolute atomic E-state index is 11.5. The molecule has 0 saturated carbocycles. The summed E-state index contributed by atoms with van der Waals surface area (Å²) in [5.74, 6) is -2.24. The van der Waals surface area contributed by atoms with Crippen LogP contribution >= 0.6 is 11.3 Å². The molecule has 0 unspecified atom stereocenters. The number of sulfonamides is 1. The molecular formula is C8H12N2O4S2. The molecule has 0 saturated heterocycles. The Balaban J connectivity index is 2.72. The van der Waals surface area contributed by atoms with Crippen molar-refractivity contribution in [2.24, 2.45) is 0 Å². The fraction of sp³-hybridized carbons (Fsp3) is 0.500. The second kappa shape index (κ2) is 4.89. The minimum Gasteiger partial charge on any atom is -0.480 e. The van der Waals surface area contributed by atoms with E-state index in [2.05, 4.69) is 4.98 Å². The standard InChI is InChI=1S/C8H12N2O4S2/c1-6-9-3-7(15-6)4-10(2)16(13,14)5-8(11)12/h3H,4-5H2,1-2H3,(H,11,12).